The van der Waals surface area contributed by atoms with Crippen LogP contribution >= 0.6 is 0 Å². The van der Waals surface area contributed by atoms with Crippen LogP contribution in [0, 0.1) is 0 Å². The fourth-order valence-electron chi connectivity index (χ4n) is 1.16. The molecule has 0 aromatic carbocycles. The number of nitrogens with zero attached hydrogens (tertiary/aromatic N) is 2. The van der Waals surface area contributed by atoms with Crippen LogP contribution in [0.4, 0.5) is 0 Å². The standard InChI is InChI=1S/C9H16N4O/c1-13-8(4-7-12-13)9(14)11-6-3-2-5-10/h4,7H,2-3,5-6,10H2,1H3,(H,11,14). The highest BCUT2D eigenvalue weighted by Crippen LogP contribution is 1.95. The minimum Gasteiger partial charge on any atom is -0.351 e. The van der Waals surface area contributed by atoms with Crippen LogP contribution in [0.1, 0.15) is 23.3 Å². The third kappa shape index (κ3) is 2.85. The van der Waals surface area contributed by atoms with Gasteiger partial charge < -0.3 is 11.1 Å². The van der Waals surface area contributed by atoms with Gasteiger partial charge in [0.05, 0.1) is 0 Å². The first-order chi connectivity index (χ1) is 6.75. The molecule has 1 aromatic heterocycles. The molecule has 5 nitrogen and oxygen atoms in total. The summed E-state index contributed by atoms with van der Waals surface area (Å²) in [4.78, 5) is 11.5. The Morgan fingerprint density at radius 3 is 3.00 bits per heavy atom. The Hall–Kier alpha value is -1.36. The molecule has 0 saturated heterocycles. The summed E-state index contributed by atoms with van der Waals surface area (Å²) in [6.07, 6.45) is 3.46. The Labute approximate surface area is 83.3 Å². The van der Waals surface area contributed by atoms with Gasteiger partial charge in [-0.2, -0.15) is 5.10 Å². The topological polar surface area (TPSA) is 72.9 Å². The van der Waals surface area contributed by atoms with Gasteiger partial charge in [-0.05, 0) is 25.5 Å². The SMILES string of the molecule is Cn1nccc1C(=O)NCCCCN. The van der Waals surface area contributed by atoms with E-state index in [1.165, 1.54) is 0 Å². The van der Waals surface area contributed by atoms with Crippen LogP contribution in [-0.4, -0.2) is 28.8 Å². The molecule has 3 N–H and O–H groups in total. The smallest absolute Gasteiger partial charge is 0.269 e. The summed E-state index contributed by atoms with van der Waals surface area (Å²) < 4.78 is 1.55. The highest BCUT2D eigenvalue weighted by Gasteiger charge is 2.07. The van der Waals surface area contributed by atoms with E-state index in [2.05, 4.69) is 10.4 Å². The van der Waals surface area contributed by atoms with E-state index in [-0.39, 0.29) is 5.91 Å². The van der Waals surface area contributed by atoms with Crippen LogP contribution in [-0.2, 0) is 7.05 Å². The quantitative estimate of drug-likeness (QED) is 0.645. The molecule has 1 aromatic rings. The maximum absolute atomic E-state index is 11.5. The van der Waals surface area contributed by atoms with E-state index in [1.54, 1.807) is 24.0 Å². The zero-order valence-corrected chi connectivity index (χ0v) is 8.36. The summed E-state index contributed by atoms with van der Waals surface area (Å²) in [5.74, 6) is -0.0815. The Morgan fingerprint density at radius 2 is 2.43 bits per heavy atom. The minimum atomic E-state index is -0.0815. The first-order valence-electron chi connectivity index (χ1n) is 4.72. The van der Waals surface area contributed by atoms with Crippen molar-refractivity contribution >= 4 is 5.91 Å². The normalized spacial score (nSPS) is 10.1. The first kappa shape index (κ1) is 10.7. The minimum absolute atomic E-state index is 0.0815. The molecule has 1 heterocycles. The van der Waals surface area contributed by atoms with Crippen LogP contribution in [0.25, 0.3) is 0 Å². The highest BCUT2D eigenvalue weighted by molar-refractivity contribution is 5.92. The van der Waals surface area contributed by atoms with E-state index in [4.69, 9.17) is 5.73 Å². The number of amides is 1. The van der Waals surface area contributed by atoms with Crippen molar-refractivity contribution < 1.29 is 4.79 Å². The fraction of sp³-hybridized carbons (Fsp3) is 0.556. The lowest BCUT2D eigenvalue weighted by Gasteiger charge is -2.04. The monoisotopic (exact) mass is 196 g/mol. The second kappa shape index (κ2) is 5.39. The molecule has 0 aliphatic heterocycles. The van der Waals surface area contributed by atoms with E-state index >= 15 is 0 Å². The molecule has 14 heavy (non-hydrogen) atoms. The molecule has 0 spiro atoms. The van der Waals surface area contributed by atoms with Gasteiger partial charge in [-0.1, -0.05) is 0 Å². The van der Waals surface area contributed by atoms with Crippen molar-refractivity contribution in [3.63, 3.8) is 0 Å². The number of nitrogens with two attached hydrogens (primary N) is 1. The second-order valence-electron chi connectivity index (χ2n) is 3.09. The molecule has 0 radical (unpaired) electrons. The Balaban J connectivity index is 2.32. The number of carbonyl (C=O) groups excluding carboxylic acids is 1. The van der Waals surface area contributed by atoms with Gasteiger partial charge in [-0.15, -0.1) is 0 Å². The number of hydrogen-bond acceptors (Lipinski definition) is 3. The van der Waals surface area contributed by atoms with Crippen molar-refractivity contribution in [2.24, 2.45) is 12.8 Å². The van der Waals surface area contributed by atoms with Crippen LogP contribution in [0.5, 0.6) is 0 Å². The lowest BCUT2D eigenvalue weighted by Crippen LogP contribution is -2.26. The van der Waals surface area contributed by atoms with Gasteiger partial charge in [0, 0.05) is 19.8 Å². The predicted molar refractivity (Wildman–Crippen MR) is 53.8 cm³/mol. The zero-order chi connectivity index (χ0) is 10.4. The summed E-state index contributed by atoms with van der Waals surface area (Å²) in [7, 11) is 1.74. The van der Waals surface area contributed by atoms with Gasteiger partial charge in [0.1, 0.15) is 5.69 Å². The zero-order valence-electron chi connectivity index (χ0n) is 8.36. The van der Waals surface area contributed by atoms with Gasteiger partial charge in [0.2, 0.25) is 0 Å². The van der Waals surface area contributed by atoms with Crippen molar-refractivity contribution in [1.29, 1.82) is 0 Å². The molecular weight excluding hydrogens is 180 g/mol. The van der Waals surface area contributed by atoms with Crippen LogP contribution in [0.15, 0.2) is 12.3 Å². The molecule has 0 aliphatic carbocycles. The van der Waals surface area contributed by atoms with Crippen LogP contribution in [0.3, 0.4) is 0 Å². The molecule has 5 heteroatoms. The number of unbranched alkanes of at least 4 members (excludes halogenated alkanes) is 1. The van der Waals surface area contributed by atoms with Gasteiger partial charge in [-0.3, -0.25) is 9.48 Å². The van der Waals surface area contributed by atoms with Crippen molar-refractivity contribution in [2.45, 2.75) is 12.8 Å². The van der Waals surface area contributed by atoms with Crippen molar-refractivity contribution in [1.82, 2.24) is 15.1 Å². The number of carbonyl (C=O) groups is 1. The molecule has 0 saturated carbocycles. The molecule has 1 amide bonds. The molecule has 0 aliphatic rings. The van der Waals surface area contributed by atoms with E-state index in [0.29, 0.717) is 18.8 Å². The van der Waals surface area contributed by atoms with Crippen molar-refractivity contribution in [3.8, 4) is 0 Å². The molecule has 0 bridgehead atoms. The van der Waals surface area contributed by atoms with E-state index in [1.807, 2.05) is 0 Å². The maximum Gasteiger partial charge on any atom is 0.269 e. The highest BCUT2D eigenvalue weighted by atomic mass is 16.2. The van der Waals surface area contributed by atoms with Gasteiger partial charge in [0.25, 0.3) is 5.91 Å². The molecular formula is C9H16N4O. The molecule has 0 fully saturated rings. The summed E-state index contributed by atoms with van der Waals surface area (Å²) in [6.45, 7) is 1.34. The summed E-state index contributed by atoms with van der Waals surface area (Å²) >= 11 is 0. The third-order valence-corrected chi connectivity index (χ3v) is 1.97. The number of aryl methyl sites for hydroxylation is 1. The molecule has 0 atom stereocenters. The van der Waals surface area contributed by atoms with Crippen LogP contribution < -0.4 is 11.1 Å². The Morgan fingerprint density at radius 1 is 1.64 bits per heavy atom. The summed E-state index contributed by atoms with van der Waals surface area (Å²) in [6, 6.07) is 1.69. The first-order valence-corrected chi connectivity index (χ1v) is 4.72. The molecule has 78 valence electrons. The van der Waals surface area contributed by atoms with Crippen LogP contribution in [0.2, 0.25) is 0 Å². The largest absolute Gasteiger partial charge is 0.351 e. The van der Waals surface area contributed by atoms with Crippen molar-refractivity contribution in [2.75, 3.05) is 13.1 Å². The van der Waals surface area contributed by atoms with E-state index in [9.17, 15) is 4.79 Å². The lowest BCUT2D eigenvalue weighted by molar-refractivity contribution is 0.0943. The van der Waals surface area contributed by atoms with E-state index in [0.717, 1.165) is 12.8 Å². The number of nitrogens with one attached hydrogen (secondary N) is 1. The Kier molecular flexibility index (Phi) is 4.12. The number of rotatable bonds is 5. The lowest BCUT2D eigenvalue weighted by atomic mass is 10.3. The summed E-state index contributed by atoms with van der Waals surface area (Å²) in [5.41, 5.74) is 5.92. The number of aromatic nitrogens is 2. The fourth-order valence-corrected chi connectivity index (χ4v) is 1.16. The van der Waals surface area contributed by atoms with Gasteiger partial charge in [0.15, 0.2) is 0 Å². The number of hydrogen-bond donors (Lipinski definition) is 2. The molecule has 1 rings (SSSR count). The average Bonchev–Trinajstić information content (AvgIpc) is 2.59. The van der Waals surface area contributed by atoms with E-state index < -0.39 is 0 Å². The summed E-state index contributed by atoms with van der Waals surface area (Å²) in [5, 5.41) is 6.72. The molecule has 0 unspecified atom stereocenters. The third-order valence-electron chi connectivity index (χ3n) is 1.97. The maximum atomic E-state index is 11.5. The van der Waals surface area contributed by atoms with Crippen molar-refractivity contribution in [3.05, 3.63) is 18.0 Å². The van der Waals surface area contributed by atoms with Gasteiger partial charge in [-0.25, -0.2) is 0 Å². The van der Waals surface area contributed by atoms with Gasteiger partial charge >= 0.3 is 0 Å². The average molecular weight is 196 g/mol. The second-order valence-corrected chi connectivity index (χ2v) is 3.09. The Bertz CT molecular complexity index is 295. The predicted octanol–water partition coefficient (Wildman–Crippen LogP) is -0.111.